The summed E-state index contributed by atoms with van der Waals surface area (Å²) in [7, 11) is 0. The molecule has 0 aliphatic carbocycles. The molecule has 68 valence electrons. The Hall–Kier alpha value is -0.570. The van der Waals surface area contributed by atoms with Crippen LogP contribution in [0.25, 0.3) is 0 Å². The minimum Gasteiger partial charge on any atom is -0.267 e. The van der Waals surface area contributed by atoms with Crippen LogP contribution in [0.1, 0.15) is 17.0 Å². The van der Waals surface area contributed by atoms with E-state index < -0.39 is 0 Å². The average molecular weight is 191 g/mol. The molecule has 0 unspecified atom stereocenters. The largest absolute Gasteiger partial charge is 0.267 e. The molecule has 4 heteroatoms. The lowest BCUT2D eigenvalue weighted by Crippen LogP contribution is -2.03. The van der Waals surface area contributed by atoms with Gasteiger partial charge in [-0.2, -0.15) is 5.10 Å². The van der Waals surface area contributed by atoms with Gasteiger partial charge in [-0.25, -0.2) is 4.39 Å². The van der Waals surface area contributed by atoms with Gasteiger partial charge in [0.05, 0.1) is 18.1 Å². The number of hydrogen-bond donors (Lipinski definition) is 0. The van der Waals surface area contributed by atoms with E-state index in [9.17, 15) is 4.39 Å². The molecule has 1 aromatic rings. The zero-order valence-electron chi connectivity index (χ0n) is 7.27. The van der Waals surface area contributed by atoms with Gasteiger partial charge < -0.3 is 0 Å². The summed E-state index contributed by atoms with van der Waals surface area (Å²) in [6, 6.07) is 0. The standard InChI is InChI=1S/C8H12ClFN2/c1-6-8(5-9)7(2)12(11-6)4-3-10/h3-5H2,1-2H3. The zero-order valence-corrected chi connectivity index (χ0v) is 8.03. The second-order valence-electron chi connectivity index (χ2n) is 2.70. The molecule has 0 saturated carbocycles. The quantitative estimate of drug-likeness (QED) is 0.669. The Morgan fingerprint density at radius 2 is 2.17 bits per heavy atom. The lowest BCUT2D eigenvalue weighted by molar-refractivity contribution is 0.422. The molecule has 0 fully saturated rings. The summed E-state index contributed by atoms with van der Waals surface area (Å²) in [5.41, 5.74) is 2.89. The molecule has 1 rings (SSSR count). The van der Waals surface area contributed by atoms with Crippen molar-refractivity contribution in [2.75, 3.05) is 6.67 Å². The molecule has 0 N–H and O–H groups in total. The Morgan fingerprint density at radius 1 is 1.50 bits per heavy atom. The van der Waals surface area contributed by atoms with Crippen LogP contribution in [0, 0.1) is 13.8 Å². The average Bonchev–Trinajstić information content (AvgIpc) is 2.29. The van der Waals surface area contributed by atoms with Crippen LogP contribution in [0.4, 0.5) is 4.39 Å². The van der Waals surface area contributed by atoms with Gasteiger partial charge in [-0.05, 0) is 13.8 Å². The van der Waals surface area contributed by atoms with Crippen molar-refractivity contribution in [1.29, 1.82) is 0 Å². The third kappa shape index (κ3) is 1.61. The molecule has 0 atom stereocenters. The molecule has 1 heterocycles. The summed E-state index contributed by atoms with van der Waals surface area (Å²) in [6.07, 6.45) is 0. The fraction of sp³-hybridized carbons (Fsp3) is 0.625. The first-order chi connectivity index (χ1) is 5.70. The highest BCUT2D eigenvalue weighted by molar-refractivity contribution is 6.17. The second-order valence-corrected chi connectivity index (χ2v) is 2.96. The van der Waals surface area contributed by atoms with Gasteiger partial charge in [0.2, 0.25) is 0 Å². The third-order valence-corrected chi connectivity index (χ3v) is 2.23. The number of aromatic nitrogens is 2. The van der Waals surface area contributed by atoms with Gasteiger partial charge in [0.1, 0.15) is 6.67 Å². The van der Waals surface area contributed by atoms with Gasteiger partial charge in [-0.1, -0.05) is 0 Å². The first-order valence-corrected chi connectivity index (χ1v) is 4.39. The topological polar surface area (TPSA) is 17.8 Å². The van der Waals surface area contributed by atoms with E-state index in [1.54, 1.807) is 4.68 Å². The monoisotopic (exact) mass is 190 g/mol. The van der Waals surface area contributed by atoms with Crippen LogP contribution in [-0.4, -0.2) is 16.5 Å². The number of hydrogen-bond acceptors (Lipinski definition) is 1. The highest BCUT2D eigenvalue weighted by Crippen LogP contribution is 2.14. The summed E-state index contributed by atoms with van der Waals surface area (Å²) in [6.45, 7) is 3.74. The maximum Gasteiger partial charge on any atom is 0.109 e. The van der Waals surface area contributed by atoms with Crippen molar-refractivity contribution in [3.05, 3.63) is 17.0 Å². The van der Waals surface area contributed by atoms with E-state index in [0.29, 0.717) is 12.4 Å². The summed E-state index contributed by atoms with van der Waals surface area (Å²) in [5, 5.41) is 4.16. The van der Waals surface area contributed by atoms with Crippen LogP contribution < -0.4 is 0 Å². The fourth-order valence-electron chi connectivity index (χ4n) is 1.23. The predicted octanol–water partition coefficient (Wildman–Crippen LogP) is 2.21. The molecule has 0 spiro atoms. The van der Waals surface area contributed by atoms with Gasteiger partial charge >= 0.3 is 0 Å². The molecule has 0 bridgehead atoms. The molecular formula is C8H12ClFN2. The van der Waals surface area contributed by atoms with E-state index in [-0.39, 0.29) is 6.67 Å². The van der Waals surface area contributed by atoms with Gasteiger partial charge in [0, 0.05) is 11.3 Å². The van der Waals surface area contributed by atoms with Gasteiger partial charge in [0.15, 0.2) is 0 Å². The predicted molar refractivity (Wildman–Crippen MR) is 47.2 cm³/mol. The second kappa shape index (κ2) is 3.90. The van der Waals surface area contributed by atoms with Crippen molar-refractivity contribution in [2.24, 2.45) is 0 Å². The molecule has 0 radical (unpaired) electrons. The van der Waals surface area contributed by atoms with Crippen LogP contribution in [0.2, 0.25) is 0 Å². The van der Waals surface area contributed by atoms with Crippen molar-refractivity contribution >= 4 is 11.6 Å². The molecule has 0 saturated heterocycles. The summed E-state index contributed by atoms with van der Waals surface area (Å²) in [5.74, 6) is 0.448. The van der Waals surface area contributed by atoms with E-state index >= 15 is 0 Å². The zero-order chi connectivity index (χ0) is 9.14. The van der Waals surface area contributed by atoms with E-state index in [1.807, 2.05) is 13.8 Å². The molecule has 0 amide bonds. The maximum atomic E-state index is 12.0. The van der Waals surface area contributed by atoms with Crippen LogP contribution in [-0.2, 0) is 12.4 Å². The van der Waals surface area contributed by atoms with Crippen molar-refractivity contribution in [1.82, 2.24) is 9.78 Å². The van der Waals surface area contributed by atoms with Crippen molar-refractivity contribution in [2.45, 2.75) is 26.3 Å². The highest BCUT2D eigenvalue weighted by Gasteiger charge is 2.09. The first kappa shape index (κ1) is 9.52. The number of aryl methyl sites for hydroxylation is 2. The lowest BCUT2D eigenvalue weighted by Gasteiger charge is -1.99. The molecule has 1 aromatic heterocycles. The minimum atomic E-state index is -0.385. The van der Waals surface area contributed by atoms with Crippen molar-refractivity contribution in [3.8, 4) is 0 Å². The van der Waals surface area contributed by atoms with Gasteiger partial charge in [-0.15, -0.1) is 11.6 Å². The third-order valence-electron chi connectivity index (χ3n) is 1.96. The smallest absolute Gasteiger partial charge is 0.109 e. The summed E-state index contributed by atoms with van der Waals surface area (Å²) in [4.78, 5) is 0. The SMILES string of the molecule is Cc1nn(CCF)c(C)c1CCl. The lowest BCUT2D eigenvalue weighted by atomic mass is 10.2. The van der Waals surface area contributed by atoms with Crippen molar-refractivity contribution in [3.63, 3.8) is 0 Å². The molecule has 0 aliphatic heterocycles. The maximum absolute atomic E-state index is 12.0. The Balaban J connectivity index is 3.00. The summed E-state index contributed by atoms with van der Waals surface area (Å²) < 4.78 is 13.7. The Bertz CT molecular complexity index is 270. The van der Waals surface area contributed by atoms with Gasteiger partial charge in [0.25, 0.3) is 0 Å². The highest BCUT2D eigenvalue weighted by atomic mass is 35.5. The van der Waals surface area contributed by atoms with Crippen LogP contribution in [0.3, 0.4) is 0 Å². The van der Waals surface area contributed by atoms with Crippen LogP contribution in [0.15, 0.2) is 0 Å². The Labute approximate surface area is 76.3 Å². The van der Waals surface area contributed by atoms with E-state index in [0.717, 1.165) is 17.0 Å². The number of halogens is 2. The van der Waals surface area contributed by atoms with Crippen LogP contribution in [0.5, 0.6) is 0 Å². The molecular weight excluding hydrogens is 179 g/mol. The van der Waals surface area contributed by atoms with Crippen LogP contribution >= 0.6 is 11.6 Å². The van der Waals surface area contributed by atoms with E-state index in [2.05, 4.69) is 5.10 Å². The van der Waals surface area contributed by atoms with E-state index in [1.165, 1.54) is 0 Å². The normalized spacial score (nSPS) is 10.7. The molecule has 2 nitrogen and oxygen atoms in total. The number of rotatable bonds is 3. The van der Waals surface area contributed by atoms with Gasteiger partial charge in [-0.3, -0.25) is 4.68 Å². The number of nitrogens with zero attached hydrogens (tertiary/aromatic N) is 2. The number of alkyl halides is 2. The first-order valence-electron chi connectivity index (χ1n) is 3.85. The van der Waals surface area contributed by atoms with Crippen molar-refractivity contribution < 1.29 is 4.39 Å². The van der Waals surface area contributed by atoms with E-state index in [4.69, 9.17) is 11.6 Å². The Kier molecular flexibility index (Phi) is 3.09. The molecule has 0 aliphatic rings. The minimum absolute atomic E-state index is 0.323. The molecule has 12 heavy (non-hydrogen) atoms. The molecule has 0 aromatic carbocycles. The fourth-order valence-corrected chi connectivity index (χ4v) is 1.61. The summed E-state index contributed by atoms with van der Waals surface area (Å²) >= 11 is 5.70. The Morgan fingerprint density at radius 3 is 2.58 bits per heavy atom.